The van der Waals surface area contributed by atoms with Gasteiger partial charge in [-0.1, -0.05) is 27.2 Å². The van der Waals surface area contributed by atoms with Crippen LogP contribution >= 0.6 is 0 Å². The maximum absolute atomic E-state index is 12.1. The number of nitrogens with one attached hydrogen (secondary N) is 1. The second kappa shape index (κ2) is 6.89. The van der Waals surface area contributed by atoms with E-state index in [1.807, 2.05) is 0 Å². The summed E-state index contributed by atoms with van der Waals surface area (Å²) in [6, 6.07) is 0.903. The van der Waals surface area contributed by atoms with Gasteiger partial charge in [0.1, 0.15) is 0 Å². The first-order valence-corrected chi connectivity index (χ1v) is 6.75. The molecular formula is C13H26N2O. The van der Waals surface area contributed by atoms with Crippen molar-refractivity contribution in [3.63, 3.8) is 0 Å². The van der Waals surface area contributed by atoms with E-state index >= 15 is 0 Å². The Hall–Kier alpha value is -0.570. The van der Waals surface area contributed by atoms with Crippen LogP contribution in [0.2, 0.25) is 0 Å². The molecule has 0 aliphatic carbocycles. The fraction of sp³-hybridized carbons (Fsp3) is 0.923. The highest BCUT2D eigenvalue weighted by atomic mass is 16.2. The van der Waals surface area contributed by atoms with Gasteiger partial charge in [0.05, 0.1) is 0 Å². The highest BCUT2D eigenvalue weighted by molar-refractivity contribution is 5.76. The normalized spacial score (nSPS) is 25.8. The quantitative estimate of drug-likeness (QED) is 0.779. The number of carbonyl (C=O) groups excluding carboxylic acids is 1. The van der Waals surface area contributed by atoms with Crippen LogP contribution in [0.25, 0.3) is 0 Å². The molecule has 1 saturated heterocycles. The van der Waals surface area contributed by atoms with Gasteiger partial charge < -0.3 is 10.2 Å². The highest BCUT2D eigenvalue weighted by Crippen LogP contribution is 2.14. The number of amides is 1. The second-order valence-corrected chi connectivity index (χ2v) is 4.73. The van der Waals surface area contributed by atoms with Gasteiger partial charge in [0, 0.05) is 31.6 Å². The van der Waals surface area contributed by atoms with E-state index in [4.69, 9.17) is 0 Å². The van der Waals surface area contributed by atoms with Crippen molar-refractivity contribution in [1.29, 1.82) is 0 Å². The Morgan fingerprint density at radius 2 is 2.06 bits per heavy atom. The molecule has 1 amide bonds. The first kappa shape index (κ1) is 13.5. The molecule has 94 valence electrons. The zero-order valence-corrected chi connectivity index (χ0v) is 11.0. The fourth-order valence-corrected chi connectivity index (χ4v) is 2.28. The van der Waals surface area contributed by atoms with Gasteiger partial charge in [-0.25, -0.2) is 0 Å². The van der Waals surface area contributed by atoms with E-state index in [9.17, 15) is 4.79 Å². The van der Waals surface area contributed by atoms with E-state index in [0.717, 1.165) is 45.2 Å². The lowest BCUT2D eigenvalue weighted by Gasteiger charge is -2.40. The Labute approximate surface area is 99.6 Å². The number of carbonyl (C=O) groups is 1. The number of hydrogen-bond donors (Lipinski definition) is 1. The van der Waals surface area contributed by atoms with E-state index in [2.05, 4.69) is 31.0 Å². The lowest BCUT2D eigenvalue weighted by molar-refractivity contribution is -0.135. The van der Waals surface area contributed by atoms with Gasteiger partial charge in [-0.15, -0.1) is 0 Å². The minimum Gasteiger partial charge on any atom is -0.337 e. The average Bonchev–Trinajstić information content (AvgIpc) is 2.35. The summed E-state index contributed by atoms with van der Waals surface area (Å²) in [5.41, 5.74) is 0. The van der Waals surface area contributed by atoms with Gasteiger partial charge in [0.25, 0.3) is 0 Å². The monoisotopic (exact) mass is 226 g/mol. The SMILES string of the molecule is CCCCC(=O)N1CC(CC)NCC1CC. The largest absolute Gasteiger partial charge is 0.337 e. The molecule has 0 aromatic heterocycles. The first-order valence-electron chi connectivity index (χ1n) is 6.75. The lowest BCUT2D eigenvalue weighted by atomic mass is 10.0. The maximum atomic E-state index is 12.1. The summed E-state index contributed by atoms with van der Waals surface area (Å²) in [7, 11) is 0. The Balaban J connectivity index is 2.53. The van der Waals surface area contributed by atoms with Crippen molar-refractivity contribution in [2.75, 3.05) is 13.1 Å². The third kappa shape index (κ3) is 3.48. The van der Waals surface area contributed by atoms with Crippen LogP contribution in [0.4, 0.5) is 0 Å². The van der Waals surface area contributed by atoms with Crippen molar-refractivity contribution in [3.05, 3.63) is 0 Å². The predicted molar refractivity (Wildman–Crippen MR) is 67.4 cm³/mol. The standard InChI is InChI=1S/C13H26N2O/c1-4-7-8-13(16)15-10-11(5-2)14-9-12(15)6-3/h11-12,14H,4-10H2,1-3H3. The molecule has 0 bridgehead atoms. The molecule has 3 nitrogen and oxygen atoms in total. The second-order valence-electron chi connectivity index (χ2n) is 4.73. The molecule has 1 rings (SSSR count). The number of rotatable bonds is 5. The van der Waals surface area contributed by atoms with Crippen LogP contribution in [0.3, 0.4) is 0 Å². The summed E-state index contributed by atoms with van der Waals surface area (Å²) < 4.78 is 0. The molecular weight excluding hydrogens is 200 g/mol. The van der Waals surface area contributed by atoms with Crippen LogP contribution in [0, 0.1) is 0 Å². The van der Waals surface area contributed by atoms with Gasteiger partial charge in [-0.05, 0) is 19.3 Å². The van der Waals surface area contributed by atoms with Gasteiger partial charge in [-0.2, -0.15) is 0 Å². The van der Waals surface area contributed by atoms with Crippen LogP contribution < -0.4 is 5.32 Å². The van der Waals surface area contributed by atoms with Gasteiger partial charge in [-0.3, -0.25) is 4.79 Å². The number of piperazine rings is 1. The number of hydrogen-bond acceptors (Lipinski definition) is 2. The zero-order valence-electron chi connectivity index (χ0n) is 11.0. The number of unbranched alkanes of at least 4 members (excludes halogenated alkanes) is 1. The van der Waals surface area contributed by atoms with Gasteiger partial charge in [0.15, 0.2) is 0 Å². The molecule has 16 heavy (non-hydrogen) atoms. The molecule has 0 radical (unpaired) electrons. The van der Waals surface area contributed by atoms with E-state index < -0.39 is 0 Å². The van der Waals surface area contributed by atoms with Crippen LogP contribution in [-0.4, -0.2) is 36.0 Å². The Kier molecular flexibility index (Phi) is 5.81. The van der Waals surface area contributed by atoms with Crippen molar-refractivity contribution < 1.29 is 4.79 Å². The van der Waals surface area contributed by atoms with E-state index in [1.165, 1.54) is 0 Å². The molecule has 0 aromatic carbocycles. The predicted octanol–water partition coefficient (Wildman–Crippen LogP) is 2.17. The molecule has 1 aliphatic rings. The average molecular weight is 226 g/mol. The Morgan fingerprint density at radius 1 is 1.31 bits per heavy atom. The fourth-order valence-electron chi connectivity index (χ4n) is 2.28. The Bertz CT molecular complexity index is 218. The van der Waals surface area contributed by atoms with Crippen molar-refractivity contribution in [2.24, 2.45) is 0 Å². The molecule has 1 N–H and O–H groups in total. The third-order valence-corrected chi connectivity index (χ3v) is 3.53. The Morgan fingerprint density at radius 3 is 2.62 bits per heavy atom. The molecule has 0 saturated carbocycles. The highest BCUT2D eigenvalue weighted by Gasteiger charge is 2.28. The third-order valence-electron chi connectivity index (χ3n) is 3.53. The van der Waals surface area contributed by atoms with E-state index in [-0.39, 0.29) is 0 Å². The molecule has 2 atom stereocenters. The van der Waals surface area contributed by atoms with Crippen LogP contribution in [0.5, 0.6) is 0 Å². The lowest BCUT2D eigenvalue weighted by Crippen LogP contribution is -2.57. The summed E-state index contributed by atoms with van der Waals surface area (Å²) in [4.78, 5) is 14.2. The van der Waals surface area contributed by atoms with Crippen LogP contribution in [0.15, 0.2) is 0 Å². The molecule has 1 heterocycles. The van der Waals surface area contributed by atoms with Crippen molar-refractivity contribution >= 4 is 5.91 Å². The van der Waals surface area contributed by atoms with E-state index in [1.54, 1.807) is 0 Å². The number of nitrogens with zero attached hydrogens (tertiary/aromatic N) is 1. The molecule has 1 aliphatic heterocycles. The summed E-state index contributed by atoms with van der Waals surface area (Å²) >= 11 is 0. The van der Waals surface area contributed by atoms with E-state index in [0.29, 0.717) is 18.0 Å². The molecule has 0 spiro atoms. The first-order chi connectivity index (χ1) is 7.72. The van der Waals surface area contributed by atoms with Crippen molar-refractivity contribution in [2.45, 2.75) is 65.0 Å². The maximum Gasteiger partial charge on any atom is 0.222 e. The minimum atomic E-state index is 0.355. The minimum absolute atomic E-state index is 0.355. The van der Waals surface area contributed by atoms with Crippen LogP contribution in [0.1, 0.15) is 52.9 Å². The smallest absolute Gasteiger partial charge is 0.222 e. The van der Waals surface area contributed by atoms with Gasteiger partial charge in [0.2, 0.25) is 5.91 Å². The summed E-state index contributed by atoms with van der Waals surface area (Å²) in [5, 5.41) is 3.52. The zero-order chi connectivity index (χ0) is 12.0. The summed E-state index contributed by atoms with van der Waals surface area (Å²) in [6.07, 6.45) is 5.01. The molecule has 1 fully saturated rings. The summed E-state index contributed by atoms with van der Waals surface area (Å²) in [5.74, 6) is 0.355. The molecule has 0 aromatic rings. The van der Waals surface area contributed by atoms with Crippen molar-refractivity contribution in [3.8, 4) is 0 Å². The summed E-state index contributed by atoms with van der Waals surface area (Å²) in [6.45, 7) is 8.35. The molecule has 2 unspecified atom stereocenters. The van der Waals surface area contributed by atoms with Crippen LogP contribution in [-0.2, 0) is 4.79 Å². The van der Waals surface area contributed by atoms with Crippen molar-refractivity contribution in [1.82, 2.24) is 10.2 Å². The molecule has 3 heteroatoms. The van der Waals surface area contributed by atoms with Gasteiger partial charge >= 0.3 is 0 Å². The topological polar surface area (TPSA) is 32.3 Å².